The molecule has 4 amide bonds. The van der Waals surface area contributed by atoms with Crippen LogP contribution in [0, 0.1) is 10.8 Å². The number of methoxy groups -OCH3 is 1. The molecule has 0 fully saturated rings. The van der Waals surface area contributed by atoms with Gasteiger partial charge in [0.25, 0.3) is 11.8 Å². The molecule has 0 atom stereocenters. The molecule has 1 aliphatic heterocycles. The van der Waals surface area contributed by atoms with E-state index in [4.69, 9.17) is 9.47 Å². The molecule has 0 aromatic carbocycles. The highest BCUT2D eigenvalue weighted by atomic mass is 16.5. The first-order valence-electron chi connectivity index (χ1n) is 10.1. The fraction of sp³-hybridized carbons (Fsp3) is 0.714. The van der Waals surface area contributed by atoms with Crippen molar-refractivity contribution in [3.8, 4) is 0 Å². The lowest BCUT2D eigenvalue weighted by Crippen LogP contribution is -2.40. The van der Waals surface area contributed by atoms with E-state index in [1.165, 1.54) is 12.2 Å². The van der Waals surface area contributed by atoms with Gasteiger partial charge in [-0.3, -0.25) is 24.1 Å². The van der Waals surface area contributed by atoms with Gasteiger partial charge in [-0.1, -0.05) is 27.7 Å². The lowest BCUT2D eigenvalue weighted by molar-refractivity contribution is -0.137. The highest BCUT2D eigenvalue weighted by Gasteiger charge is 2.26. The summed E-state index contributed by atoms with van der Waals surface area (Å²) in [4.78, 5) is 48.0. The van der Waals surface area contributed by atoms with Crippen molar-refractivity contribution >= 4 is 23.6 Å². The SMILES string of the molecule is COCCNC(=O)CC(C)(C)COCC(C)(C)CNC(=O)CCN1C(=O)C=CC1=O. The summed E-state index contributed by atoms with van der Waals surface area (Å²) in [5, 5.41) is 5.62. The van der Waals surface area contributed by atoms with Crippen molar-refractivity contribution < 1.29 is 28.7 Å². The second-order valence-corrected chi connectivity index (χ2v) is 9.03. The van der Waals surface area contributed by atoms with Gasteiger partial charge < -0.3 is 20.1 Å². The second kappa shape index (κ2) is 11.8. The van der Waals surface area contributed by atoms with Crippen molar-refractivity contribution in [3.05, 3.63) is 12.2 Å². The molecule has 0 aliphatic carbocycles. The van der Waals surface area contributed by atoms with Gasteiger partial charge in [-0.25, -0.2) is 0 Å². The summed E-state index contributed by atoms with van der Waals surface area (Å²) < 4.78 is 10.7. The van der Waals surface area contributed by atoms with Crippen LogP contribution in [-0.4, -0.2) is 75.1 Å². The third-order valence-electron chi connectivity index (χ3n) is 4.48. The van der Waals surface area contributed by atoms with Crippen LogP contribution in [0.3, 0.4) is 0 Å². The number of hydrogen-bond donors (Lipinski definition) is 2. The highest BCUT2D eigenvalue weighted by molar-refractivity contribution is 6.13. The average molecular weight is 426 g/mol. The molecule has 2 N–H and O–H groups in total. The molecule has 30 heavy (non-hydrogen) atoms. The molecule has 0 bridgehead atoms. The number of nitrogens with one attached hydrogen (secondary N) is 2. The van der Waals surface area contributed by atoms with E-state index in [0.29, 0.717) is 39.3 Å². The van der Waals surface area contributed by atoms with Crippen molar-refractivity contribution in [2.45, 2.75) is 40.5 Å². The maximum atomic E-state index is 12.0. The van der Waals surface area contributed by atoms with Crippen molar-refractivity contribution in [2.75, 3.05) is 46.6 Å². The van der Waals surface area contributed by atoms with Gasteiger partial charge in [-0.15, -0.1) is 0 Å². The van der Waals surface area contributed by atoms with Crippen LogP contribution in [0.4, 0.5) is 0 Å². The van der Waals surface area contributed by atoms with Crippen LogP contribution in [0.2, 0.25) is 0 Å². The minimum atomic E-state index is -0.392. The number of imide groups is 1. The van der Waals surface area contributed by atoms with Gasteiger partial charge in [0.2, 0.25) is 11.8 Å². The summed E-state index contributed by atoms with van der Waals surface area (Å²) >= 11 is 0. The minimum Gasteiger partial charge on any atom is -0.383 e. The maximum Gasteiger partial charge on any atom is 0.253 e. The molecule has 1 rings (SSSR count). The Morgan fingerprint density at radius 1 is 0.967 bits per heavy atom. The number of nitrogens with zero attached hydrogens (tertiary/aromatic N) is 1. The smallest absolute Gasteiger partial charge is 0.253 e. The average Bonchev–Trinajstić information content (AvgIpc) is 2.95. The summed E-state index contributed by atoms with van der Waals surface area (Å²) in [6.07, 6.45) is 2.80. The number of rotatable bonds is 14. The first-order chi connectivity index (χ1) is 14.0. The molecule has 1 heterocycles. The Labute approximate surface area is 178 Å². The molecular formula is C21H35N3O6. The van der Waals surface area contributed by atoms with Crippen molar-refractivity contribution in [1.29, 1.82) is 0 Å². The molecule has 0 radical (unpaired) electrons. The maximum absolute atomic E-state index is 12.0. The summed E-state index contributed by atoms with van der Waals surface area (Å²) in [7, 11) is 1.58. The molecule has 0 aromatic rings. The van der Waals surface area contributed by atoms with Gasteiger partial charge in [0.1, 0.15) is 0 Å². The first-order valence-corrected chi connectivity index (χ1v) is 10.1. The zero-order valence-electron chi connectivity index (χ0n) is 18.7. The molecule has 0 saturated heterocycles. The number of hydrogen-bond acceptors (Lipinski definition) is 6. The monoisotopic (exact) mass is 425 g/mol. The third kappa shape index (κ3) is 9.98. The molecule has 0 saturated carbocycles. The van der Waals surface area contributed by atoms with Crippen molar-refractivity contribution in [1.82, 2.24) is 15.5 Å². The quantitative estimate of drug-likeness (QED) is 0.312. The van der Waals surface area contributed by atoms with Crippen LogP contribution in [0.15, 0.2) is 12.2 Å². The van der Waals surface area contributed by atoms with E-state index in [9.17, 15) is 19.2 Å². The van der Waals surface area contributed by atoms with E-state index in [1.807, 2.05) is 27.7 Å². The number of amides is 4. The molecule has 1 aliphatic rings. The second-order valence-electron chi connectivity index (χ2n) is 9.03. The van der Waals surface area contributed by atoms with E-state index in [0.717, 1.165) is 4.90 Å². The molecule has 0 aromatic heterocycles. The van der Waals surface area contributed by atoms with Crippen LogP contribution >= 0.6 is 0 Å². The lowest BCUT2D eigenvalue weighted by Gasteiger charge is -2.29. The molecule has 170 valence electrons. The molecular weight excluding hydrogens is 390 g/mol. The number of carbonyl (C=O) groups is 4. The van der Waals surface area contributed by atoms with Crippen LogP contribution in [0.1, 0.15) is 40.5 Å². The number of ether oxygens (including phenoxy) is 2. The summed E-state index contributed by atoms with van der Waals surface area (Å²) in [6, 6.07) is 0. The van der Waals surface area contributed by atoms with E-state index in [-0.39, 0.29) is 35.6 Å². The summed E-state index contributed by atoms with van der Waals surface area (Å²) in [6.45, 7) is 10.1. The molecule has 9 heteroatoms. The Bertz CT molecular complexity index is 639. The van der Waals surface area contributed by atoms with Gasteiger partial charge in [-0.2, -0.15) is 0 Å². The Kier molecular flexibility index (Phi) is 10.1. The predicted molar refractivity (Wildman–Crippen MR) is 111 cm³/mol. The standard InChI is InChI=1S/C21H35N3O6/c1-20(2,12-17(26)22-9-11-29-5)14-30-15-21(3,4)13-23-16(25)8-10-24-18(27)6-7-19(24)28/h6-7H,8-15H2,1-5H3,(H,22,26)(H,23,25). The van der Waals surface area contributed by atoms with Crippen LogP contribution in [-0.2, 0) is 28.7 Å². The Hall–Kier alpha value is -2.26. The Balaban J connectivity index is 2.27. The van der Waals surface area contributed by atoms with Crippen LogP contribution in [0.5, 0.6) is 0 Å². The normalized spacial score (nSPS) is 14.4. The fourth-order valence-electron chi connectivity index (χ4n) is 2.79. The van der Waals surface area contributed by atoms with Crippen LogP contribution < -0.4 is 10.6 Å². The summed E-state index contributed by atoms with van der Waals surface area (Å²) in [5.41, 5.74) is -0.632. The fourth-order valence-corrected chi connectivity index (χ4v) is 2.79. The topological polar surface area (TPSA) is 114 Å². The van der Waals surface area contributed by atoms with Crippen molar-refractivity contribution in [3.63, 3.8) is 0 Å². The third-order valence-corrected chi connectivity index (χ3v) is 4.48. The largest absolute Gasteiger partial charge is 0.383 e. The van der Waals surface area contributed by atoms with E-state index in [2.05, 4.69) is 10.6 Å². The minimum absolute atomic E-state index is 0.0441. The number of carbonyl (C=O) groups excluding carboxylic acids is 4. The zero-order chi connectivity index (χ0) is 22.8. The predicted octanol–water partition coefficient (Wildman–Crippen LogP) is 0.639. The van der Waals surface area contributed by atoms with E-state index < -0.39 is 11.8 Å². The van der Waals surface area contributed by atoms with Crippen molar-refractivity contribution in [2.24, 2.45) is 10.8 Å². The summed E-state index contributed by atoms with van der Waals surface area (Å²) in [5.74, 6) is -1.06. The van der Waals surface area contributed by atoms with E-state index in [1.54, 1.807) is 7.11 Å². The van der Waals surface area contributed by atoms with E-state index >= 15 is 0 Å². The highest BCUT2D eigenvalue weighted by Crippen LogP contribution is 2.22. The van der Waals surface area contributed by atoms with Gasteiger partial charge >= 0.3 is 0 Å². The zero-order valence-corrected chi connectivity index (χ0v) is 18.7. The van der Waals surface area contributed by atoms with Gasteiger partial charge in [0.15, 0.2) is 0 Å². The molecule has 0 spiro atoms. The van der Waals surface area contributed by atoms with Gasteiger partial charge in [-0.05, 0) is 5.41 Å². The van der Waals surface area contributed by atoms with Gasteiger partial charge in [0.05, 0.1) is 19.8 Å². The Morgan fingerprint density at radius 2 is 1.57 bits per heavy atom. The molecule has 9 nitrogen and oxygen atoms in total. The van der Waals surface area contributed by atoms with Gasteiger partial charge in [0, 0.05) is 57.2 Å². The first kappa shape index (κ1) is 25.8. The van der Waals surface area contributed by atoms with Crippen LogP contribution in [0.25, 0.3) is 0 Å². The Morgan fingerprint density at radius 3 is 2.17 bits per heavy atom. The lowest BCUT2D eigenvalue weighted by atomic mass is 9.89. The molecule has 0 unspecified atom stereocenters.